The molecule has 0 radical (unpaired) electrons. The minimum Gasteiger partial charge on any atom is -0.467 e. The van der Waals surface area contributed by atoms with Gasteiger partial charge in [-0.3, -0.25) is 9.59 Å². The van der Waals surface area contributed by atoms with E-state index in [9.17, 15) is 14.4 Å². The molecule has 0 aromatic rings. The molecule has 132 valence electrons. The summed E-state index contributed by atoms with van der Waals surface area (Å²) in [5.41, 5.74) is 5.40. The molecule has 23 heavy (non-hydrogen) atoms. The highest BCUT2D eigenvalue weighted by Crippen LogP contribution is 2.22. The van der Waals surface area contributed by atoms with Crippen molar-refractivity contribution in [3.8, 4) is 0 Å². The molecule has 2 N–H and O–H groups in total. The van der Waals surface area contributed by atoms with Crippen molar-refractivity contribution in [1.29, 1.82) is 0 Å². The number of likely N-dealkylation sites (tertiary alicyclic amines) is 1. The monoisotopic (exact) mass is 327 g/mol. The van der Waals surface area contributed by atoms with E-state index >= 15 is 0 Å². The zero-order chi connectivity index (χ0) is 17.6. The van der Waals surface area contributed by atoms with Gasteiger partial charge in [0.25, 0.3) is 0 Å². The van der Waals surface area contributed by atoms with Crippen LogP contribution in [0, 0.1) is 11.8 Å². The van der Waals surface area contributed by atoms with Crippen molar-refractivity contribution in [1.82, 2.24) is 9.80 Å². The second-order valence-electron chi connectivity index (χ2n) is 6.35. The van der Waals surface area contributed by atoms with E-state index in [1.807, 2.05) is 13.8 Å². The number of piperidine rings is 1. The summed E-state index contributed by atoms with van der Waals surface area (Å²) in [5, 5.41) is 0. The van der Waals surface area contributed by atoms with Gasteiger partial charge in [0, 0.05) is 39.0 Å². The standard InChI is InChI=1S/C16H29N3O4/c1-11(2)14(16(22)23-4)18(3)15(21)12-6-9-19(10-7-12)13(20)5-8-17/h11-12,14H,5-10,17H2,1-4H3. The van der Waals surface area contributed by atoms with Gasteiger partial charge in [0.2, 0.25) is 11.8 Å². The fraction of sp³-hybridized carbons (Fsp3) is 0.812. The van der Waals surface area contributed by atoms with Gasteiger partial charge in [-0.15, -0.1) is 0 Å². The number of carbonyl (C=O) groups is 3. The highest BCUT2D eigenvalue weighted by atomic mass is 16.5. The molecule has 1 atom stereocenters. The molecular weight excluding hydrogens is 298 g/mol. The van der Waals surface area contributed by atoms with Crippen molar-refractivity contribution in [2.45, 2.75) is 39.2 Å². The third-order valence-electron chi connectivity index (χ3n) is 4.39. The van der Waals surface area contributed by atoms with Crippen LogP contribution in [0.4, 0.5) is 0 Å². The smallest absolute Gasteiger partial charge is 0.328 e. The number of nitrogens with zero attached hydrogens (tertiary/aromatic N) is 2. The van der Waals surface area contributed by atoms with Crippen LogP contribution in [0.5, 0.6) is 0 Å². The average molecular weight is 327 g/mol. The van der Waals surface area contributed by atoms with Crippen molar-refractivity contribution in [2.24, 2.45) is 17.6 Å². The van der Waals surface area contributed by atoms with Crippen LogP contribution < -0.4 is 5.73 Å². The summed E-state index contributed by atoms with van der Waals surface area (Å²) >= 11 is 0. The van der Waals surface area contributed by atoms with E-state index in [0.29, 0.717) is 38.9 Å². The Balaban J connectivity index is 2.65. The number of amides is 2. The Morgan fingerprint density at radius 2 is 1.83 bits per heavy atom. The lowest BCUT2D eigenvalue weighted by atomic mass is 9.93. The highest BCUT2D eigenvalue weighted by molar-refractivity contribution is 5.86. The number of hydrogen-bond acceptors (Lipinski definition) is 5. The lowest BCUT2D eigenvalue weighted by Crippen LogP contribution is -2.50. The molecule has 7 nitrogen and oxygen atoms in total. The average Bonchev–Trinajstić information content (AvgIpc) is 2.54. The Bertz CT molecular complexity index is 431. The molecular formula is C16H29N3O4. The molecule has 0 aliphatic carbocycles. The highest BCUT2D eigenvalue weighted by Gasteiger charge is 2.35. The van der Waals surface area contributed by atoms with Gasteiger partial charge in [-0.25, -0.2) is 4.79 Å². The minimum absolute atomic E-state index is 0.0254. The van der Waals surface area contributed by atoms with Crippen LogP contribution in [0.2, 0.25) is 0 Å². The number of esters is 1. The molecule has 1 fully saturated rings. The van der Waals surface area contributed by atoms with E-state index in [2.05, 4.69) is 0 Å². The Labute approximate surface area is 138 Å². The zero-order valence-electron chi connectivity index (χ0n) is 14.6. The van der Waals surface area contributed by atoms with Gasteiger partial charge in [0.05, 0.1) is 7.11 Å². The van der Waals surface area contributed by atoms with E-state index in [4.69, 9.17) is 10.5 Å². The number of likely N-dealkylation sites (N-methyl/N-ethyl adjacent to an activating group) is 1. The van der Waals surface area contributed by atoms with Crippen LogP contribution in [0.1, 0.15) is 33.1 Å². The molecule has 1 aliphatic heterocycles. The first-order valence-corrected chi connectivity index (χ1v) is 8.15. The van der Waals surface area contributed by atoms with Crippen LogP contribution in [0.3, 0.4) is 0 Å². The number of carbonyl (C=O) groups excluding carboxylic acids is 3. The van der Waals surface area contributed by atoms with E-state index in [1.165, 1.54) is 12.0 Å². The largest absolute Gasteiger partial charge is 0.467 e. The van der Waals surface area contributed by atoms with Crippen LogP contribution >= 0.6 is 0 Å². The van der Waals surface area contributed by atoms with Crippen molar-refractivity contribution >= 4 is 17.8 Å². The van der Waals surface area contributed by atoms with Gasteiger partial charge in [0.15, 0.2) is 0 Å². The summed E-state index contributed by atoms with van der Waals surface area (Å²) in [6.07, 6.45) is 1.58. The predicted molar refractivity (Wildman–Crippen MR) is 86.4 cm³/mol. The number of ether oxygens (including phenoxy) is 1. The summed E-state index contributed by atoms with van der Waals surface area (Å²) in [7, 11) is 2.98. The molecule has 0 bridgehead atoms. The van der Waals surface area contributed by atoms with E-state index in [-0.39, 0.29) is 23.7 Å². The normalized spacial score (nSPS) is 17.0. The van der Waals surface area contributed by atoms with Crippen molar-refractivity contribution in [3.05, 3.63) is 0 Å². The maximum absolute atomic E-state index is 12.7. The van der Waals surface area contributed by atoms with E-state index < -0.39 is 12.0 Å². The van der Waals surface area contributed by atoms with Gasteiger partial charge < -0.3 is 20.3 Å². The molecule has 1 saturated heterocycles. The minimum atomic E-state index is -0.579. The molecule has 0 aromatic heterocycles. The molecule has 1 rings (SSSR count). The zero-order valence-corrected chi connectivity index (χ0v) is 14.6. The Morgan fingerprint density at radius 1 is 1.26 bits per heavy atom. The van der Waals surface area contributed by atoms with E-state index in [1.54, 1.807) is 11.9 Å². The van der Waals surface area contributed by atoms with Gasteiger partial charge in [-0.05, 0) is 18.8 Å². The Hall–Kier alpha value is -1.63. The fourth-order valence-electron chi connectivity index (χ4n) is 3.08. The number of hydrogen-bond donors (Lipinski definition) is 1. The first-order chi connectivity index (χ1) is 10.8. The third kappa shape index (κ3) is 4.92. The molecule has 0 saturated carbocycles. The van der Waals surface area contributed by atoms with Gasteiger partial charge in [-0.2, -0.15) is 0 Å². The second kappa shape index (κ2) is 8.86. The number of methoxy groups -OCH3 is 1. The molecule has 0 aromatic carbocycles. The lowest BCUT2D eigenvalue weighted by molar-refractivity contribution is -0.156. The van der Waals surface area contributed by atoms with E-state index in [0.717, 1.165) is 0 Å². The van der Waals surface area contributed by atoms with Crippen LogP contribution in [-0.4, -0.2) is 67.4 Å². The lowest BCUT2D eigenvalue weighted by Gasteiger charge is -2.36. The maximum atomic E-state index is 12.7. The second-order valence-corrected chi connectivity index (χ2v) is 6.35. The molecule has 1 heterocycles. The molecule has 2 amide bonds. The maximum Gasteiger partial charge on any atom is 0.328 e. The van der Waals surface area contributed by atoms with Gasteiger partial charge in [0.1, 0.15) is 6.04 Å². The SMILES string of the molecule is COC(=O)C(C(C)C)N(C)C(=O)C1CCN(C(=O)CCN)CC1. The topological polar surface area (TPSA) is 92.9 Å². The van der Waals surface area contributed by atoms with Crippen LogP contribution in [0.15, 0.2) is 0 Å². The molecule has 1 unspecified atom stereocenters. The fourth-order valence-corrected chi connectivity index (χ4v) is 3.08. The number of nitrogens with two attached hydrogens (primary N) is 1. The summed E-state index contributed by atoms with van der Waals surface area (Å²) in [4.78, 5) is 39.7. The Kier molecular flexibility index (Phi) is 7.48. The van der Waals surface area contributed by atoms with Crippen LogP contribution in [-0.2, 0) is 19.1 Å². The predicted octanol–water partition coefficient (Wildman–Crippen LogP) is 0.230. The summed E-state index contributed by atoms with van der Waals surface area (Å²) in [5.74, 6) is -0.594. The first-order valence-electron chi connectivity index (χ1n) is 8.15. The van der Waals surface area contributed by atoms with Crippen LogP contribution in [0.25, 0.3) is 0 Å². The van der Waals surface area contributed by atoms with Crippen molar-refractivity contribution in [2.75, 3.05) is 33.8 Å². The molecule has 0 spiro atoms. The summed E-state index contributed by atoms with van der Waals surface area (Å²) in [6.45, 7) is 5.25. The quantitative estimate of drug-likeness (QED) is 0.705. The molecule has 1 aliphatic rings. The molecule has 7 heteroatoms. The first kappa shape index (κ1) is 19.4. The van der Waals surface area contributed by atoms with Crippen molar-refractivity contribution < 1.29 is 19.1 Å². The number of rotatable bonds is 6. The summed E-state index contributed by atoms with van der Waals surface area (Å²) in [6, 6.07) is -0.579. The van der Waals surface area contributed by atoms with Gasteiger partial charge in [-0.1, -0.05) is 13.8 Å². The summed E-state index contributed by atoms with van der Waals surface area (Å²) < 4.78 is 4.81. The van der Waals surface area contributed by atoms with Gasteiger partial charge >= 0.3 is 5.97 Å². The third-order valence-corrected chi connectivity index (χ3v) is 4.39. The Morgan fingerprint density at radius 3 is 2.26 bits per heavy atom. The van der Waals surface area contributed by atoms with Crippen molar-refractivity contribution in [3.63, 3.8) is 0 Å².